The molecule has 1 unspecified atom stereocenters. The first-order valence-electron chi connectivity index (χ1n) is 8.62. The number of nitrogens with zero attached hydrogens (tertiary/aromatic N) is 1. The van der Waals surface area contributed by atoms with Gasteiger partial charge in [-0.05, 0) is 36.0 Å². The molecule has 1 saturated carbocycles. The molecule has 5 rings (SSSR count). The minimum absolute atomic E-state index is 0.0652. The molecule has 1 atom stereocenters. The SMILES string of the molecule is Cn1c2c(c3ccccc31)C(c1ccccc1)(C1CC1)C=CC2. The molecule has 0 amide bonds. The van der Waals surface area contributed by atoms with Crippen molar-refractivity contribution in [3.05, 3.63) is 83.6 Å². The highest BCUT2D eigenvalue weighted by atomic mass is 15.0. The number of fused-ring (bicyclic) bond motifs is 3. The molecule has 0 spiro atoms. The number of rotatable bonds is 2. The van der Waals surface area contributed by atoms with Gasteiger partial charge in [0.25, 0.3) is 0 Å². The molecule has 23 heavy (non-hydrogen) atoms. The van der Waals surface area contributed by atoms with Crippen molar-refractivity contribution < 1.29 is 0 Å². The number of aromatic nitrogens is 1. The van der Waals surface area contributed by atoms with Crippen molar-refractivity contribution in [1.29, 1.82) is 0 Å². The van der Waals surface area contributed by atoms with Gasteiger partial charge in [-0.25, -0.2) is 0 Å². The summed E-state index contributed by atoms with van der Waals surface area (Å²) in [5.41, 5.74) is 5.94. The summed E-state index contributed by atoms with van der Waals surface area (Å²) < 4.78 is 2.41. The molecule has 114 valence electrons. The highest BCUT2D eigenvalue weighted by molar-refractivity contribution is 5.88. The lowest BCUT2D eigenvalue weighted by molar-refractivity contribution is 0.543. The fourth-order valence-corrected chi connectivity index (χ4v) is 4.66. The average Bonchev–Trinajstić information content (AvgIpc) is 3.43. The maximum Gasteiger partial charge on any atom is 0.0483 e. The molecular formula is C22H21N. The highest BCUT2D eigenvalue weighted by Gasteiger charge is 2.49. The molecule has 1 heterocycles. The number of hydrogen-bond donors (Lipinski definition) is 0. The third kappa shape index (κ3) is 1.68. The van der Waals surface area contributed by atoms with E-state index in [1.165, 1.54) is 35.0 Å². The van der Waals surface area contributed by atoms with Crippen LogP contribution in [0.1, 0.15) is 29.7 Å². The van der Waals surface area contributed by atoms with Gasteiger partial charge in [-0.15, -0.1) is 0 Å². The fourth-order valence-electron chi connectivity index (χ4n) is 4.66. The van der Waals surface area contributed by atoms with Crippen molar-refractivity contribution in [2.45, 2.75) is 24.7 Å². The van der Waals surface area contributed by atoms with E-state index >= 15 is 0 Å². The molecular weight excluding hydrogens is 278 g/mol. The van der Waals surface area contributed by atoms with Crippen LogP contribution in [0.25, 0.3) is 10.9 Å². The number of para-hydroxylation sites is 1. The summed E-state index contributed by atoms with van der Waals surface area (Å²) in [6.07, 6.45) is 8.62. The zero-order valence-electron chi connectivity index (χ0n) is 13.5. The number of aryl methyl sites for hydroxylation is 1. The summed E-state index contributed by atoms with van der Waals surface area (Å²) in [4.78, 5) is 0. The Morgan fingerprint density at radius 3 is 2.48 bits per heavy atom. The first-order valence-corrected chi connectivity index (χ1v) is 8.62. The maximum atomic E-state index is 2.51. The average molecular weight is 299 g/mol. The van der Waals surface area contributed by atoms with E-state index in [-0.39, 0.29) is 5.41 Å². The van der Waals surface area contributed by atoms with Gasteiger partial charge in [-0.3, -0.25) is 0 Å². The van der Waals surface area contributed by atoms with Crippen LogP contribution in [0.4, 0.5) is 0 Å². The molecule has 1 nitrogen and oxygen atoms in total. The van der Waals surface area contributed by atoms with Gasteiger partial charge in [0.1, 0.15) is 0 Å². The van der Waals surface area contributed by atoms with Gasteiger partial charge in [0.2, 0.25) is 0 Å². The monoisotopic (exact) mass is 299 g/mol. The molecule has 1 heteroatoms. The lowest BCUT2D eigenvalue weighted by Gasteiger charge is -2.35. The predicted molar refractivity (Wildman–Crippen MR) is 95.7 cm³/mol. The van der Waals surface area contributed by atoms with E-state index in [2.05, 4.69) is 78.4 Å². The highest BCUT2D eigenvalue weighted by Crippen LogP contribution is 2.56. The number of allylic oxidation sites excluding steroid dienone is 2. The van der Waals surface area contributed by atoms with Crippen LogP contribution < -0.4 is 0 Å². The summed E-state index contributed by atoms with van der Waals surface area (Å²) in [7, 11) is 2.23. The van der Waals surface area contributed by atoms with Crippen LogP contribution in [0.2, 0.25) is 0 Å². The van der Waals surface area contributed by atoms with Gasteiger partial charge in [0.05, 0.1) is 0 Å². The third-order valence-corrected chi connectivity index (χ3v) is 5.81. The van der Waals surface area contributed by atoms with E-state index in [0.29, 0.717) is 0 Å². The molecule has 0 saturated heterocycles. The second-order valence-corrected chi connectivity index (χ2v) is 7.01. The van der Waals surface area contributed by atoms with Crippen LogP contribution in [-0.2, 0) is 18.9 Å². The Balaban J connectivity index is 1.90. The normalized spacial score (nSPS) is 23.2. The molecule has 0 radical (unpaired) electrons. The molecule has 0 bridgehead atoms. The minimum Gasteiger partial charge on any atom is -0.347 e. The van der Waals surface area contributed by atoms with Crippen LogP contribution in [0.15, 0.2) is 66.7 Å². The summed E-state index contributed by atoms with van der Waals surface area (Å²) in [5, 5.41) is 1.44. The van der Waals surface area contributed by atoms with Crippen molar-refractivity contribution in [3.63, 3.8) is 0 Å². The Bertz CT molecular complexity index is 912. The largest absolute Gasteiger partial charge is 0.347 e. The van der Waals surface area contributed by atoms with Crippen LogP contribution >= 0.6 is 0 Å². The van der Waals surface area contributed by atoms with E-state index in [9.17, 15) is 0 Å². The second kappa shape index (κ2) is 4.61. The summed E-state index contributed by atoms with van der Waals surface area (Å²) in [6, 6.07) is 20.1. The molecule has 2 aliphatic rings. The molecule has 1 aromatic heterocycles. The quantitative estimate of drug-likeness (QED) is 0.588. The van der Waals surface area contributed by atoms with Crippen molar-refractivity contribution in [2.24, 2.45) is 13.0 Å². The van der Waals surface area contributed by atoms with Crippen LogP contribution in [0.3, 0.4) is 0 Å². The lowest BCUT2D eigenvalue weighted by atomic mass is 9.67. The number of benzene rings is 2. The molecule has 0 aliphatic heterocycles. The molecule has 1 fully saturated rings. The zero-order chi connectivity index (χ0) is 15.4. The van der Waals surface area contributed by atoms with Crippen molar-refractivity contribution in [2.75, 3.05) is 0 Å². The molecule has 2 aliphatic carbocycles. The predicted octanol–water partition coefficient (Wildman–Crippen LogP) is 4.99. The van der Waals surface area contributed by atoms with E-state index in [1.807, 2.05) is 0 Å². The minimum atomic E-state index is 0.0652. The summed E-state index contributed by atoms with van der Waals surface area (Å²) in [6.45, 7) is 0. The van der Waals surface area contributed by atoms with Gasteiger partial charge in [0.15, 0.2) is 0 Å². The topological polar surface area (TPSA) is 4.93 Å². The van der Waals surface area contributed by atoms with Gasteiger partial charge >= 0.3 is 0 Å². The Morgan fingerprint density at radius 1 is 0.957 bits per heavy atom. The van der Waals surface area contributed by atoms with E-state index in [4.69, 9.17) is 0 Å². The standard InChI is InChI=1S/C22H21N/c1-23-19-11-6-5-10-18(19)21-20(23)12-7-15-22(21,17-13-14-17)16-8-3-2-4-9-16/h2-11,15,17H,12-14H2,1H3. The van der Waals surface area contributed by atoms with E-state index in [1.54, 1.807) is 5.56 Å². The molecule has 3 aromatic rings. The van der Waals surface area contributed by atoms with Crippen LogP contribution in [0, 0.1) is 5.92 Å². The Morgan fingerprint density at radius 2 is 1.70 bits per heavy atom. The van der Waals surface area contributed by atoms with Crippen LogP contribution in [-0.4, -0.2) is 4.57 Å². The van der Waals surface area contributed by atoms with Gasteiger partial charge in [-0.1, -0.05) is 60.7 Å². The zero-order valence-corrected chi connectivity index (χ0v) is 13.5. The second-order valence-electron chi connectivity index (χ2n) is 7.01. The smallest absolute Gasteiger partial charge is 0.0483 e. The summed E-state index contributed by atoms with van der Waals surface area (Å²) >= 11 is 0. The van der Waals surface area contributed by atoms with Crippen molar-refractivity contribution in [1.82, 2.24) is 4.57 Å². The first-order chi connectivity index (χ1) is 11.3. The third-order valence-electron chi connectivity index (χ3n) is 5.81. The van der Waals surface area contributed by atoms with Gasteiger partial charge in [0, 0.05) is 35.5 Å². The van der Waals surface area contributed by atoms with Crippen molar-refractivity contribution >= 4 is 10.9 Å². The Hall–Kier alpha value is -2.28. The van der Waals surface area contributed by atoms with E-state index in [0.717, 1.165) is 12.3 Å². The lowest BCUT2D eigenvalue weighted by Crippen LogP contribution is -2.31. The summed E-state index contributed by atoms with van der Waals surface area (Å²) in [5.74, 6) is 0.742. The first kappa shape index (κ1) is 13.2. The fraction of sp³-hybridized carbons (Fsp3) is 0.273. The van der Waals surface area contributed by atoms with Gasteiger partial charge in [-0.2, -0.15) is 0 Å². The van der Waals surface area contributed by atoms with Crippen LogP contribution in [0.5, 0.6) is 0 Å². The Kier molecular flexibility index (Phi) is 2.64. The molecule has 0 N–H and O–H groups in total. The number of hydrogen-bond acceptors (Lipinski definition) is 0. The Labute approximate surface area is 137 Å². The van der Waals surface area contributed by atoms with E-state index < -0.39 is 0 Å². The van der Waals surface area contributed by atoms with Gasteiger partial charge < -0.3 is 4.57 Å². The van der Waals surface area contributed by atoms with Crippen molar-refractivity contribution in [3.8, 4) is 0 Å². The maximum absolute atomic E-state index is 2.51. The molecule has 2 aromatic carbocycles.